The van der Waals surface area contributed by atoms with Crippen molar-refractivity contribution >= 4 is 37.8 Å². The molecule has 0 radical (unpaired) electrons. The molecule has 8 heteroatoms. The van der Waals surface area contributed by atoms with Crippen molar-refractivity contribution in [3.63, 3.8) is 0 Å². The molecule has 0 aliphatic carbocycles. The molecule has 0 saturated heterocycles. The maximum atomic E-state index is 10.4. The van der Waals surface area contributed by atoms with Crippen LogP contribution in [-0.4, -0.2) is 26.2 Å². The van der Waals surface area contributed by atoms with Gasteiger partial charge < -0.3 is 9.63 Å². The molecule has 2 aromatic heterocycles. The number of hydrogen-bond donors (Lipinski definition) is 1. The van der Waals surface area contributed by atoms with Gasteiger partial charge in [0.15, 0.2) is 0 Å². The van der Waals surface area contributed by atoms with Crippen LogP contribution in [0.1, 0.15) is 18.7 Å². The zero-order valence-electron chi connectivity index (χ0n) is 9.64. The Balaban J connectivity index is 2.10. The number of pyridine rings is 1. The van der Waals surface area contributed by atoms with E-state index in [9.17, 15) is 4.79 Å². The molecule has 6 nitrogen and oxygen atoms in total. The Morgan fingerprint density at radius 1 is 1.42 bits per heavy atom. The van der Waals surface area contributed by atoms with Gasteiger partial charge in [-0.25, -0.2) is 0 Å². The summed E-state index contributed by atoms with van der Waals surface area (Å²) in [7, 11) is 0. The summed E-state index contributed by atoms with van der Waals surface area (Å²) in [5.74, 6) is -0.0466. The van der Waals surface area contributed by atoms with Crippen molar-refractivity contribution in [1.82, 2.24) is 15.1 Å². The van der Waals surface area contributed by atoms with E-state index in [0.717, 1.165) is 8.95 Å². The number of carboxylic acid groups (broad SMARTS) is 1. The van der Waals surface area contributed by atoms with Crippen molar-refractivity contribution in [3.05, 3.63) is 27.1 Å². The first-order valence-electron chi connectivity index (χ1n) is 5.42. The number of nitrogens with zero attached hydrogens (tertiary/aromatic N) is 3. The molecule has 0 aliphatic rings. The minimum Gasteiger partial charge on any atom is -0.481 e. The molecule has 0 aromatic carbocycles. The maximum absolute atomic E-state index is 10.4. The first kappa shape index (κ1) is 14.1. The lowest BCUT2D eigenvalue weighted by Crippen LogP contribution is -1.96. The fourth-order valence-electron chi connectivity index (χ4n) is 1.42. The molecule has 0 aliphatic heterocycles. The molecular weight excluding hydrogens is 382 g/mol. The van der Waals surface area contributed by atoms with Crippen LogP contribution in [0.3, 0.4) is 0 Å². The number of carboxylic acids is 1. The van der Waals surface area contributed by atoms with E-state index < -0.39 is 5.97 Å². The van der Waals surface area contributed by atoms with Crippen LogP contribution < -0.4 is 0 Å². The number of hydrogen-bond acceptors (Lipinski definition) is 5. The van der Waals surface area contributed by atoms with Gasteiger partial charge in [-0.2, -0.15) is 4.98 Å². The fourth-order valence-corrected chi connectivity index (χ4v) is 2.59. The summed E-state index contributed by atoms with van der Waals surface area (Å²) in [5.41, 5.74) is 0.580. The second kappa shape index (κ2) is 6.25. The van der Waals surface area contributed by atoms with E-state index in [1.54, 1.807) is 6.20 Å². The Labute approximate surface area is 125 Å². The van der Waals surface area contributed by atoms with E-state index in [-0.39, 0.29) is 6.42 Å². The number of rotatable bonds is 5. The average Bonchev–Trinajstić information content (AvgIpc) is 2.77. The molecule has 0 atom stereocenters. The molecule has 0 spiro atoms. The summed E-state index contributed by atoms with van der Waals surface area (Å²) in [6, 6.07) is 1.84. The third-order valence-corrected chi connectivity index (χ3v) is 3.31. The molecule has 0 bridgehead atoms. The van der Waals surface area contributed by atoms with E-state index in [0.29, 0.717) is 30.3 Å². The summed E-state index contributed by atoms with van der Waals surface area (Å²) in [5, 5.41) is 12.4. The van der Waals surface area contributed by atoms with Crippen LogP contribution in [0.4, 0.5) is 0 Å². The molecular formula is C11H9Br2N3O3. The quantitative estimate of drug-likeness (QED) is 0.843. The van der Waals surface area contributed by atoms with Crippen LogP contribution in [0, 0.1) is 0 Å². The van der Waals surface area contributed by atoms with Crippen molar-refractivity contribution < 1.29 is 14.4 Å². The van der Waals surface area contributed by atoms with Crippen LogP contribution in [0.2, 0.25) is 0 Å². The van der Waals surface area contributed by atoms with Gasteiger partial charge in [0, 0.05) is 28.0 Å². The molecule has 19 heavy (non-hydrogen) atoms. The van der Waals surface area contributed by atoms with Gasteiger partial charge in [-0.05, 0) is 44.3 Å². The summed E-state index contributed by atoms with van der Waals surface area (Å²) in [4.78, 5) is 18.8. The predicted molar refractivity (Wildman–Crippen MR) is 73.5 cm³/mol. The summed E-state index contributed by atoms with van der Waals surface area (Å²) in [6.07, 6.45) is 2.62. The largest absolute Gasteiger partial charge is 0.481 e. The van der Waals surface area contributed by atoms with Crippen LogP contribution in [0.5, 0.6) is 0 Å². The monoisotopic (exact) mass is 389 g/mol. The van der Waals surface area contributed by atoms with Gasteiger partial charge in [-0.1, -0.05) is 5.16 Å². The van der Waals surface area contributed by atoms with Gasteiger partial charge >= 0.3 is 5.97 Å². The molecule has 0 fully saturated rings. The topological polar surface area (TPSA) is 89.1 Å². The highest BCUT2D eigenvalue weighted by molar-refractivity contribution is 9.11. The van der Waals surface area contributed by atoms with E-state index in [1.807, 2.05) is 6.07 Å². The normalized spacial score (nSPS) is 10.6. The molecule has 0 saturated carbocycles. The lowest BCUT2D eigenvalue weighted by molar-refractivity contribution is -0.137. The predicted octanol–water partition coefficient (Wildman–Crippen LogP) is 3.06. The van der Waals surface area contributed by atoms with E-state index in [4.69, 9.17) is 9.63 Å². The third-order valence-electron chi connectivity index (χ3n) is 2.27. The maximum Gasteiger partial charge on any atom is 0.303 e. The Bertz CT molecular complexity index is 601. The highest BCUT2D eigenvalue weighted by Crippen LogP contribution is 2.26. The summed E-state index contributed by atoms with van der Waals surface area (Å²) in [6.45, 7) is 0. The second-order valence-electron chi connectivity index (χ2n) is 3.74. The van der Waals surface area contributed by atoms with Crippen molar-refractivity contribution in [2.45, 2.75) is 19.3 Å². The number of halogens is 2. The van der Waals surface area contributed by atoms with Crippen LogP contribution in [-0.2, 0) is 11.2 Å². The highest BCUT2D eigenvalue weighted by Gasteiger charge is 2.13. The van der Waals surface area contributed by atoms with Gasteiger partial charge in [0.2, 0.25) is 11.7 Å². The first-order chi connectivity index (χ1) is 9.06. The Kier molecular flexibility index (Phi) is 4.65. The van der Waals surface area contributed by atoms with Crippen molar-refractivity contribution in [1.29, 1.82) is 0 Å². The molecule has 2 aromatic rings. The Hall–Kier alpha value is -1.28. The Morgan fingerprint density at radius 2 is 2.21 bits per heavy atom. The lowest BCUT2D eigenvalue weighted by atomic mass is 10.2. The van der Waals surface area contributed by atoms with Crippen LogP contribution in [0.15, 0.2) is 25.7 Å². The number of carbonyl (C=O) groups is 1. The fraction of sp³-hybridized carbons (Fsp3) is 0.273. The molecule has 0 unspecified atom stereocenters. The average molecular weight is 391 g/mol. The summed E-state index contributed by atoms with van der Waals surface area (Å²) < 4.78 is 6.65. The van der Waals surface area contributed by atoms with Gasteiger partial charge in [-0.15, -0.1) is 0 Å². The third kappa shape index (κ3) is 3.84. The summed E-state index contributed by atoms with van der Waals surface area (Å²) >= 11 is 6.68. The number of aryl methyl sites for hydroxylation is 1. The van der Waals surface area contributed by atoms with Crippen molar-refractivity contribution in [2.24, 2.45) is 0 Å². The Morgan fingerprint density at radius 3 is 2.89 bits per heavy atom. The van der Waals surface area contributed by atoms with Gasteiger partial charge in [-0.3, -0.25) is 9.78 Å². The standard InChI is InChI=1S/C11H9Br2N3O3/c12-6-4-7(13)10(14-5-6)11-15-8(19-16-11)2-1-3-9(17)18/h4-5H,1-3H2,(H,17,18). The van der Waals surface area contributed by atoms with Crippen LogP contribution in [0.25, 0.3) is 11.5 Å². The molecule has 1 N–H and O–H groups in total. The van der Waals surface area contributed by atoms with E-state index in [2.05, 4.69) is 47.0 Å². The number of aliphatic carboxylic acids is 1. The smallest absolute Gasteiger partial charge is 0.303 e. The van der Waals surface area contributed by atoms with Gasteiger partial charge in [0.1, 0.15) is 5.69 Å². The van der Waals surface area contributed by atoms with Gasteiger partial charge in [0.05, 0.1) is 0 Å². The molecule has 2 rings (SSSR count). The molecule has 2 heterocycles. The van der Waals surface area contributed by atoms with E-state index >= 15 is 0 Å². The first-order valence-corrected chi connectivity index (χ1v) is 7.00. The SMILES string of the molecule is O=C(O)CCCc1nc(-c2ncc(Br)cc2Br)no1. The zero-order valence-corrected chi connectivity index (χ0v) is 12.8. The van der Waals surface area contributed by atoms with Gasteiger partial charge in [0.25, 0.3) is 0 Å². The minimum atomic E-state index is -0.836. The van der Waals surface area contributed by atoms with E-state index in [1.165, 1.54) is 0 Å². The number of aromatic nitrogens is 3. The lowest BCUT2D eigenvalue weighted by Gasteiger charge is -1.97. The molecule has 0 amide bonds. The zero-order chi connectivity index (χ0) is 13.8. The van der Waals surface area contributed by atoms with Crippen molar-refractivity contribution in [2.75, 3.05) is 0 Å². The second-order valence-corrected chi connectivity index (χ2v) is 5.51. The minimum absolute atomic E-state index is 0.0813. The van der Waals surface area contributed by atoms with Crippen molar-refractivity contribution in [3.8, 4) is 11.5 Å². The molecule has 100 valence electrons. The highest BCUT2D eigenvalue weighted by atomic mass is 79.9. The van der Waals surface area contributed by atoms with Crippen LogP contribution >= 0.6 is 31.9 Å².